The molecular formula is C16H17N3O. The van der Waals surface area contributed by atoms with Gasteiger partial charge in [0.2, 0.25) is 5.95 Å². The van der Waals surface area contributed by atoms with E-state index in [0.29, 0.717) is 6.61 Å². The largest absolute Gasteiger partial charge is 0.494 e. The highest BCUT2D eigenvalue weighted by atomic mass is 16.5. The second-order valence-electron chi connectivity index (χ2n) is 4.69. The Morgan fingerprint density at radius 2 is 1.95 bits per heavy atom. The first-order valence-corrected chi connectivity index (χ1v) is 6.71. The van der Waals surface area contributed by atoms with E-state index in [9.17, 15) is 0 Å². The molecule has 1 heterocycles. The molecule has 102 valence electrons. The van der Waals surface area contributed by atoms with Gasteiger partial charge in [-0.25, -0.2) is 4.98 Å². The molecule has 0 aliphatic heterocycles. The Labute approximate surface area is 117 Å². The monoisotopic (exact) mass is 267 g/mol. The molecule has 1 aromatic heterocycles. The van der Waals surface area contributed by atoms with E-state index in [0.717, 1.165) is 28.4 Å². The normalized spacial score (nSPS) is 10.7. The van der Waals surface area contributed by atoms with Crippen molar-refractivity contribution in [1.29, 1.82) is 0 Å². The number of anilines is 2. The van der Waals surface area contributed by atoms with Crippen LogP contribution in [0.3, 0.4) is 0 Å². The van der Waals surface area contributed by atoms with E-state index in [2.05, 4.69) is 34.3 Å². The summed E-state index contributed by atoms with van der Waals surface area (Å²) in [5.41, 5.74) is 4.19. The van der Waals surface area contributed by atoms with Crippen molar-refractivity contribution >= 4 is 22.7 Å². The number of H-pyrrole nitrogens is 1. The van der Waals surface area contributed by atoms with E-state index in [-0.39, 0.29) is 0 Å². The number of nitrogens with one attached hydrogen (secondary N) is 2. The number of aromatic nitrogens is 2. The zero-order valence-corrected chi connectivity index (χ0v) is 11.6. The minimum absolute atomic E-state index is 0.676. The molecule has 4 heteroatoms. The van der Waals surface area contributed by atoms with E-state index in [1.165, 1.54) is 5.56 Å². The number of hydrogen-bond acceptors (Lipinski definition) is 3. The number of aryl methyl sites for hydroxylation is 1. The van der Waals surface area contributed by atoms with Crippen molar-refractivity contribution in [2.75, 3.05) is 11.9 Å². The Morgan fingerprint density at radius 3 is 2.70 bits per heavy atom. The summed E-state index contributed by atoms with van der Waals surface area (Å²) >= 11 is 0. The molecule has 0 bridgehead atoms. The van der Waals surface area contributed by atoms with Crippen molar-refractivity contribution in [1.82, 2.24) is 9.97 Å². The third-order valence-corrected chi connectivity index (χ3v) is 3.07. The lowest BCUT2D eigenvalue weighted by Gasteiger charge is -2.05. The van der Waals surface area contributed by atoms with E-state index >= 15 is 0 Å². The van der Waals surface area contributed by atoms with Crippen LogP contribution in [-0.4, -0.2) is 16.6 Å². The van der Waals surface area contributed by atoms with Crippen LogP contribution in [0.2, 0.25) is 0 Å². The maximum Gasteiger partial charge on any atom is 0.205 e. The van der Waals surface area contributed by atoms with Crippen LogP contribution >= 0.6 is 0 Å². The molecule has 0 saturated heterocycles. The van der Waals surface area contributed by atoms with Crippen LogP contribution in [0.4, 0.5) is 11.6 Å². The Bertz CT molecular complexity index is 716. The molecule has 3 rings (SSSR count). The number of benzene rings is 2. The molecule has 0 spiro atoms. The molecule has 0 saturated carbocycles. The van der Waals surface area contributed by atoms with Crippen molar-refractivity contribution in [3.05, 3.63) is 48.0 Å². The summed E-state index contributed by atoms with van der Waals surface area (Å²) in [5.74, 6) is 1.62. The number of fused-ring (bicyclic) bond motifs is 1. The third-order valence-electron chi connectivity index (χ3n) is 3.07. The molecule has 2 aromatic carbocycles. The first-order valence-electron chi connectivity index (χ1n) is 6.71. The van der Waals surface area contributed by atoms with Crippen molar-refractivity contribution in [3.8, 4) is 5.75 Å². The van der Waals surface area contributed by atoms with E-state index in [1.54, 1.807) is 0 Å². The SMILES string of the molecule is CCOc1ccc(Nc2nc3ccc(C)cc3[nH]2)cc1. The fraction of sp³-hybridized carbons (Fsp3) is 0.188. The first-order chi connectivity index (χ1) is 9.74. The van der Waals surface area contributed by atoms with Gasteiger partial charge in [0.25, 0.3) is 0 Å². The van der Waals surface area contributed by atoms with Gasteiger partial charge in [0.05, 0.1) is 17.6 Å². The predicted octanol–water partition coefficient (Wildman–Crippen LogP) is 4.01. The molecular weight excluding hydrogens is 250 g/mol. The van der Waals surface area contributed by atoms with Crippen LogP contribution in [-0.2, 0) is 0 Å². The fourth-order valence-electron chi connectivity index (χ4n) is 2.12. The number of imidazole rings is 1. The van der Waals surface area contributed by atoms with Gasteiger partial charge in [0, 0.05) is 5.69 Å². The molecule has 0 unspecified atom stereocenters. The molecule has 4 nitrogen and oxygen atoms in total. The van der Waals surface area contributed by atoms with Gasteiger partial charge in [-0.05, 0) is 55.8 Å². The summed E-state index contributed by atoms with van der Waals surface area (Å²) in [5, 5.41) is 3.26. The highest BCUT2D eigenvalue weighted by molar-refractivity contribution is 5.79. The Morgan fingerprint density at radius 1 is 1.15 bits per heavy atom. The summed E-state index contributed by atoms with van der Waals surface area (Å²) < 4.78 is 5.42. The second kappa shape index (κ2) is 5.25. The van der Waals surface area contributed by atoms with Crippen molar-refractivity contribution in [2.24, 2.45) is 0 Å². The van der Waals surface area contributed by atoms with Crippen LogP contribution in [0.25, 0.3) is 11.0 Å². The molecule has 0 atom stereocenters. The van der Waals surface area contributed by atoms with Gasteiger partial charge >= 0.3 is 0 Å². The Balaban J connectivity index is 1.81. The maximum atomic E-state index is 5.42. The molecule has 2 N–H and O–H groups in total. The van der Waals surface area contributed by atoms with Crippen molar-refractivity contribution in [2.45, 2.75) is 13.8 Å². The molecule has 0 radical (unpaired) electrons. The van der Waals surface area contributed by atoms with E-state index < -0.39 is 0 Å². The summed E-state index contributed by atoms with van der Waals surface area (Å²) in [4.78, 5) is 7.78. The van der Waals surface area contributed by atoms with Crippen LogP contribution in [0.1, 0.15) is 12.5 Å². The molecule has 20 heavy (non-hydrogen) atoms. The number of nitrogens with zero attached hydrogens (tertiary/aromatic N) is 1. The molecule has 3 aromatic rings. The smallest absolute Gasteiger partial charge is 0.205 e. The summed E-state index contributed by atoms with van der Waals surface area (Å²) in [6.07, 6.45) is 0. The summed E-state index contributed by atoms with van der Waals surface area (Å²) in [6, 6.07) is 14.0. The number of hydrogen-bond donors (Lipinski definition) is 2. The average Bonchev–Trinajstić information content (AvgIpc) is 2.82. The topological polar surface area (TPSA) is 49.9 Å². The lowest BCUT2D eigenvalue weighted by Crippen LogP contribution is -1.94. The van der Waals surface area contributed by atoms with E-state index in [4.69, 9.17) is 4.74 Å². The quantitative estimate of drug-likeness (QED) is 0.750. The van der Waals surface area contributed by atoms with Crippen molar-refractivity contribution in [3.63, 3.8) is 0 Å². The van der Waals surface area contributed by atoms with Gasteiger partial charge in [-0.3, -0.25) is 0 Å². The standard InChI is InChI=1S/C16H17N3O/c1-3-20-13-7-5-12(6-8-13)17-16-18-14-9-4-11(2)10-15(14)19-16/h4-10H,3H2,1-2H3,(H2,17,18,19). The molecule has 0 amide bonds. The minimum Gasteiger partial charge on any atom is -0.494 e. The highest BCUT2D eigenvalue weighted by Gasteiger charge is 2.03. The number of ether oxygens (including phenoxy) is 1. The van der Waals surface area contributed by atoms with E-state index in [1.807, 2.05) is 37.3 Å². The summed E-state index contributed by atoms with van der Waals surface area (Å²) in [6.45, 7) is 4.72. The third kappa shape index (κ3) is 2.59. The molecule has 0 aliphatic carbocycles. The lowest BCUT2D eigenvalue weighted by molar-refractivity contribution is 0.340. The summed E-state index contributed by atoms with van der Waals surface area (Å²) in [7, 11) is 0. The number of rotatable bonds is 4. The zero-order chi connectivity index (χ0) is 13.9. The van der Waals surface area contributed by atoms with Gasteiger partial charge in [-0.2, -0.15) is 0 Å². The van der Waals surface area contributed by atoms with Crippen LogP contribution in [0, 0.1) is 6.92 Å². The van der Waals surface area contributed by atoms with Crippen LogP contribution in [0.15, 0.2) is 42.5 Å². The van der Waals surface area contributed by atoms with Crippen LogP contribution < -0.4 is 10.1 Å². The lowest BCUT2D eigenvalue weighted by atomic mass is 10.2. The molecule has 0 aliphatic rings. The minimum atomic E-state index is 0.676. The first kappa shape index (κ1) is 12.5. The second-order valence-corrected chi connectivity index (χ2v) is 4.69. The highest BCUT2D eigenvalue weighted by Crippen LogP contribution is 2.21. The van der Waals surface area contributed by atoms with Gasteiger partial charge < -0.3 is 15.0 Å². The van der Waals surface area contributed by atoms with Crippen LogP contribution in [0.5, 0.6) is 5.75 Å². The fourth-order valence-corrected chi connectivity index (χ4v) is 2.12. The van der Waals surface area contributed by atoms with Crippen molar-refractivity contribution < 1.29 is 4.74 Å². The maximum absolute atomic E-state index is 5.42. The van der Waals surface area contributed by atoms with Gasteiger partial charge in [0.15, 0.2) is 0 Å². The Hall–Kier alpha value is -2.49. The zero-order valence-electron chi connectivity index (χ0n) is 11.6. The van der Waals surface area contributed by atoms with Gasteiger partial charge in [-0.1, -0.05) is 6.07 Å². The Kier molecular flexibility index (Phi) is 3.29. The van der Waals surface area contributed by atoms with Gasteiger partial charge in [-0.15, -0.1) is 0 Å². The number of aromatic amines is 1. The molecule has 0 fully saturated rings. The predicted molar refractivity (Wildman–Crippen MR) is 81.7 cm³/mol. The van der Waals surface area contributed by atoms with Gasteiger partial charge in [0.1, 0.15) is 5.75 Å². The average molecular weight is 267 g/mol.